The van der Waals surface area contributed by atoms with E-state index in [2.05, 4.69) is 25.6 Å². The SMILES string of the molecule is O=S(=O)(NCCN1CCCS1(=O)=O)c1cnc(-c2ccc(Br)cc2)s1. The van der Waals surface area contributed by atoms with Crippen LogP contribution in [0, 0.1) is 0 Å². The van der Waals surface area contributed by atoms with E-state index in [0.717, 1.165) is 21.4 Å². The number of nitrogens with zero attached hydrogens (tertiary/aromatic N) is 2. The molecule has 2 heterocycles. The molecule has 11 heteroatoms. The molecule has 0 unspecified atom stereocenters. The van der Waals surface area contributed by atoms with E-state index in [1.165, 1.54) is 10.5 Å². The van der Waals surface area contributed by atoms with Crippen molar-refractivity contribution in [3.05, 3.63) is 34.9 Å². The summed E-state index contributed by atoms with van der Waals surface area (Å²) in [6, 6.07) is 7.43. The maximum absolute atomic E-state index is 12.3. The van der Waals surface area contributed by atoms with Crippen LogP contribution in [-0.2, 0) is 20.0 Å². The molecule has 1 aliphatic rings. The Labute approximate surface area is 159 Å². The lowest BCUT2D eigenvalue weighted by molar-refractivity contribution is 0.445. The van der Waals surface area contributed by atoms with Gasteiger partial charge in [0.15, 0.2) is 4.21 Å². The van der Waals surface area contributed by atoms with E-state index in [1.54, 1.807) is 0 Å². The van der Waals surface area contributed by atoms with Gasteiger partial charge in [0.2, 0.25) is 10.0 Å². The summed E-state index contributed by atoms with van der Waals surface area (Å²) in [7, 11) is -6.93. The Hall–Kier alpha value is -0.850. The zero-order valence-corrected chi connectivity index (χ0v) is 17.1. The smallest absolute Gasteiger partial charge is 0.243 e. The van der Waals surface area contributed by atoms with Gasteiger partial charge in [0, 0.05) is 29.7 Å². The zero-order valence-electron chi connectivity index (χ0n) is 13.1. The Bertz CT molecular complexity index is 955. The Kier molecular flexibility index (Phi) is 5.61. The maximum atomic E-state index is 12.3. The van der Waals surface area contributed by atoms with Gasteiger partial charge in [-0.2, -0.15) is 0 Å². The summed E-state index contributed by atoms with van der Waals surface area (Å²) >= 11 is 4.42. The van der Waals surface area contributed by atoms with Crippen molar-refractivity contribution in [3.8, 4) is 10.6 Å². The van der Waals surface area contributed by atoms with Crippen LogP contribution in [-0.4, -0.2) is 51.5 Å². The summed E-state index contributed by atoms with van der Waals surface area (Å²) in [4.78, 5) is 4.17. The molecule has 0 bridgehead atoms. The topological polar surface area (TPSA) is 96.4 Å². The number of rotatable bonds is 6. The number of thiazole rings is 1. The van der Waals surface area contributed by atoms with Gasteiger partial charge in [-0.1, -0.05) is 28.1 Å². The summed E-state index contributed by atoms with van der Waals surface area (Å²) in [6.07, 6.45) is 1.90. The summed E-state index contributed by atoms with van der Waals surface area (Å²) in [5, 5.41) is 0.606. The molecule has 3 rings (SSSR count). The molecular weight excluding hydrogens is 450 g/mol. The predicted octanol–water partition coefficient (Wildman–Crippen LogP) is 1.89. The van der Waals surface area contributed by atoms with E-state index in [-0.39, 0.29) is 23.1 Å². The Morgan fingerprint density at radius 1 is 1.28 bits per heavy atom. The fourth-order valence-electron chi connectivity index (χ4n) is 2.43. The summed E-state index contributed by atoms with van der Waals surface area (Å²) in [5.41, 5.74) is 0.831. The van der Waals surface area contributed by atoms with Gasteiger partial charge in [-0.3, -0.25) is 0 Å². The highest BCUT2D eigenvalue weighted by atomic mass is 79.9. The Morgan fingerprint density at radius 2 is 2.00 bits per heavy atom. The van der Waals surface area contributed by atoms with E-state index in [9.17, 15) is 16.8 Å². The molecule has 1 N–H and O–H groups in total. The molecule has 1 aliphatic heterocycles. The first-order chi connectivity index (χ1) is 11.8. The van der Waals surface area contributed by atoms with Crippen molar-refractivity contribution in [3.63, 3.8) is 0 Å². The van der Waals surface area contributed by atoms with E-state index in [0.29, 0.717) is 18.0 Å². The average Bonchev–Trinajstić information content (AvgIpc) is 3.16. The number of aromatic nitrogens is 1. The summed E-state index contributed by atoms with van der Waals surface area (Å²) in [5.74, 6) is 0.130. The molecule has 2 aromatic rings. The first-order valence-corrected chi connectivity index (χ1v) is 12.2. The third-order valence-corrected chi connectivity index (χ3v) is 9.15. The normalized spacial score (nSPS) is 17.8. The Morgan fingerprint density at radius 3 is 2.64 bits per heavy atom. The lowest BCUT2D eigenvalue weighted by Gasteiger charge is -2.14. The minimum atomic E-state index is -3.71. The molecule has 1 fully saturated rings. The van der Waals surface area contributed by atoms with E-state index in [4.69, 9.17) is 0 Å². The second-order valence-corrected chi connectivity index (χ2v) is 11.5. The molecule has 0 radical (unpaired) electrons. The molecule has 0 atom stereocenters. The third-order valence-electron chi connectivity index (χ3n) is 3.70. The first-order valence-electron chi connectivity index (χ1n) is 7.47. The predicted molar refractivity (Wildman–Crippen MR) is 100 cm³/mol. The van der Waals surface area contributed by atoms with Crippen molar-refractivity contribution in [2.75, 3.05) is 25.4 Å². The van der Waals surface area contributed by atoms with Gasteiger partial charge < -0.3 is 0 Å². The van der Waals surface area contributed by atoms with Gasteiger partial charge in [0.05, 0.1) is 11.9 Å². The zero-order chi connectivity index (χ0) is 18.1. The van der Waals surface area contributed by atoms with Crippen molar-refractivity contribution >= 4 is 47.3 Å². The van der Waals surface area contributed by atoms with Crippen LogP contribution in [0.25, 0.3) is 10.6 Å². The average molecular weight is 466 g/mol. The molecule has 0 amide bonds. The monoisotopic (exact) mass is 465 g/mol. The highest BCUT2D eigenvalue weighted by molar-refractivity contribution is 9.10. The third kappa shape index (κ3) is 4.47. The Balaban J connectivity index is 1.65. The fourth-order valence-corrected chi connectivity index (χ4v) is 6.42. The molecule has 1 aromatic heterocycles. The standard InChI is InChI=1S/C14H16BrN3O4S3/c15-12-4-2-11(3-5-12)14-16-10-13(23-14)25(21,22)17-6-8-18-7-1-9-24(18,19)20/h2-5,10,17H,1,6-9H2. The lowest BCUT2D eigenvalue weighted by Crippen LogP contribution is -2.35. The van der Waals surface area contributed by atoms with Crippen LogP contribution < -0.4 is 4.72 Å². The van der Waals surface area contributed by atoms with Crippen LogP contribution >= 0.6 is 27.3 Å². The molecule has 0 spiro atoms. The lowest BCUT2D eigenvalue weighted by atomic mass is 10.2. The minimum absolute atomic E-state index is 0.0348. The van der Waals surface area contributed by atoms with Gasteiger partial charge >= 0.3 is 0 Å². The second kappa shape index (κ2) is 7.41. The molecular formula is C14H16BrN3O4S3. The van der Waals surface area contributed by atoms with E-state index >= 15 is 0 Å². The van der Waals surface area contributed by atoms with Crippen molar-refractivity contribution in [2.24, 2.45) is 0 Å². The molecule has 7 nitrogen and oxygen atoms in total. The fraction of sp³-hybridized carbons (Fsp3) is 0.357. The van der Waals surface area contributed by atoms with Crippen molar-refractivity contribution in [1.82, 2.24) is 14.0 Å². The first kappa shape index (κ1) is 18.9. The number of halogens is 1. The number of hydrogen-bond acceptors (Lipinski definition) is 6. The largest absolute Gasteiger partial charge is 0.251 e. The quantitative estimate of drug-likeness (QED) is 0.702. The molecule has 1 saturated heterocycles. The molecule has 0 saturated carbocycles. The molecule has 1 aromatic carbocycles. The van der Waals surface area contributed by atoms with Crippen molar-refractivity contribution in [1.29, 1.82) is 0 Å². The molecule has 0 aliphatic carbocycles. The van der Waals surface area contributed by atoms with Crippen LogP contribution in [0.1, 0.15) is 6.42 Å². The van der Waals surface area contributed by atoms with Gasteiger partial charge in [0.25, 0.3) is 10.0 Å². The number of nitrogens with one attached hydrogen (secondary N) is 1. The van der Waals surface area contributed by atoms with Crippen LogP contribution in [0.2, 0.25) is 0 Å². The maximum Gasteiger partial charge on any atom is 0.251 e. The van der Waals surface area contributed by atoms with Gasteiger partial charge in [-0.15, -0.1) is 11.3 Å². The number of benzene rings is 1. The highest BCUT2D eigenvalue weighted by Crippen LogP contribution is 2.28. The van der Waals surface area contributed by atoms with Gasteiger partial charge in [0.1, 0.15) is 5.01 Å². The van der Waals surface area contributed by atoms with Crippen LogP contribution in [0.5, 0.6) is 0 Å². The molecule has 25 heavy (non-hydrogen) atoms. The minimum Gasteiger partial charge on any atom is -0.243 e. The van der Waals surface area contributed by atoms with Crippen molar-refractivity contribution in [2.45, 2.75) is 10.6 Å². The van der Waals surface area contributed by atoms with Crippen LogP contribution in [0.3, 0.4) is 0 Å². The van der Waals surface area contributed by atoms with Crippen LogP contribution in [0.15, 0.2) is 39.1 Å². The number of hydrogen-bond donors (Lipinski definition) is 1. The number of sulfonamides is 2. The van der Waals surface area contributed by atoms with Crippen molar-refractivity contribution < 1.29 is 16.8 Å². The van der Waals surface area contributed by atoms with Gasteiger partial charge in [-0.25, -0.2) is 30.8 Å². The van der Waals surface area contributed by atoms with Gasteiger partial charge in [-0.05, 0) is 18.6 Å². The summed E-state index contributed by atoms with van der Waals surface area (Å²) in [6.45, 7) is 0.616. The van der Waals surface area contributed by atoms with E-state index in [1.807, 2.05) is 24.3 Å². The molecule has 136 valence electrons. The second-order valence-electron chi connectivity index (χ2n) is 5.46. The van der Waals surface area contributed by atoms with E-state index < -0.39 is 20.0 Å². The summed E-state index contributed by atoms with van der Waals surface area (Å²) < 4.78 is 52.9. The van der Waals surface area contributed by atoms with Crippen LogP contribution in [0.4, 0.5) is 0 Å². The highest BCUT2D eigenvalue weighted by Gasteiger charge is 2.28.